The molecule has 4 aliphatic carbocycles. The molecule has 25 heavy (non-hydrogen) atoms. The zero-order valence-electron chi connectivity index (χ0n) is 14.6. The second kappa shape index (κ2) is 5.84. The van der Waals surface area contributed by atoms with Gasteiger partial charge in [-0.1, -0.05) is 6.07 Å². The maximum absolute atomic E-state index is 13.0. The lowest BCUT2D eigenvalue weighted by Crippen LogP contribution is -2.50. The van der Waals surface area contributed by atoms with Gasteiger partial charge in [0.1, 0.15) is 0 Å². The summed E-state index contributed by atoms with van der Waals surface area (Å²) < 4.78 is 5.44. The summed E-state index contributed by atoms with van der Waals surface area (Å²) in [6.45, 7) is 0. The Morgan fingerprint density at radius 1 is 1.04 bits per heavy atom. The van der Waals surface area contributed by atoms with Gasteiger partial charge in [-0.25, -0.2) is 0 Å². The van der Waals surface area contributed by atoms with E-state index in [1.54, 1.807) is 7.11 Å². The van der Waals surface area contributed by atoms with Crippen LogP contribution in [0.25, 0.3) is 0 Å². The first-order valence-electron chi connectivity index (χ1n) is 9.16. The fraction of sp³-hybridized carbons (Fsp3) is 0.600. The molecule has 1 aromatic rings. The first-order valence-corrected chi connectivity index (χ1v) is 9.16. The van der Waals surface area contributed by atoms with Gasteiger partial charge in [0.25, 0.3) is 0 Å². The van der Waals surface area contributed by atoms with E-state index in [2.05, 4.69) is 17.4 Å². The number of methoxy groups -OCH3 is 1. The molecular weight excluding hydrogens is 318 g/mol. The number of nitrogens with one attached hydrogen (secondary N) is 1. The van der Waals surface area contributed by atoms with Crippen molar-refractivity contribution in [2.24, 2.45) is 10.8 Å². The number of hydrogen-bond acceptors (Lipinski definition) is 3. The quantitative estimate of drug-likeness (QED) is 0.880. The number of anilines is 1. The standard InChI is InChI=1S/C20H25NO4/c1-25-16-11-13-2-3-15(10-14(13)12-16)21-17(22)19-4-7-20(8-5-19,9-6-19)18(23)24/h2-3,10,16H,4-9,11-12H2,1H3,(H,21,22)(H,23,24). The van der Waals surface area contributed by atoms with Crippen LogP contribution in [0.5, 0.6) is 0 Å². The number of aliphatic carboxylic acids is 1. The Kier molecular flexibility index (Phi) is 3.87. The van der Waals surface area contributed by atoms with Crippen LogP contribution in [0.1, 0.15) is 49.7 Å². The van der Waals surface area contributed by atoms with Crippen molar-refractivity contribution in [3.63, 3.8) is 0 Å². The molecule has 134 valence electrons. The minimum absolute atomic E-state index is 0.0624. The molecule has 4 aliphatic rings. The summed E-state index contributed by atoms with van der Waals surface area (Å²) in [7, 11) is 1.74. The van der Waals surface area contributed by atoms with Gasteiger partial charge in [0, 0.05) is 18.2 Å². The van der Waals surface area contributed by atoms with Gasteiger partial charge in [-0.15, -0.1) is 0 Å². The topological polar surface area (TPSA) is 75.6 Å². The number of amides is 1. The lowest BCUT2D eigenvalue weighted by Gasteiger charge is -2.50. The summed E-state index contributed by atoms with van der Waals surface area (Å²) in [5.74, 6) is -0.625. The van der Waals surface area contributed by atoms with E-state index in [9.17, 15) is 14.7 Å². The van der Waals surface area contributed by atoms with Crippen LogP contribution in [0.15, 0.2) is 18.2 Å². The molecule has 0 heterocycles. The fourth-order valence-electron chi connectivity index (χ4n) is 4.93. The fourth-order valence-corrected chi connectivity index (χ4v) is 4.93. The average molecular weight is 343 g/mol. The molecule has 0 radical (unpaired) electrons. The van der Waals surface area contributed by atoms with Crippen molar-refractivity contribution < 1.29 is 19.4 Å². The highest BCUT2D eigenvalue weighted by Crippen LogP contribution is 2.57. The van der Waals surface area contributed by atoms with Gasteiger partial charge < -0.3 is 15.2 Å². The predicted octanol–water partition coefficient (Wildman–Crippen LogP) is 3.16. The number of ether oxygens (including phenoxy) is 1. The van der Waals surface area contributed by atoms with Crippen molar-refractivity contribution in [3.8, 4) is 0 Å². The van der Waals surface area contributed by atoms with Crippen LogP contribution in [0, 0.1) is 10.8 Å². The van der Waals surface area contributed by atoms with Crippen molar-refractivity contribution in [2.75, 3.05) is 12.4 Å². The number of carboxylic acid groups (broad SMARTS) is 1. The van der Waals surface area contributed by atoms with Crippen LogP contribution in [0.4, 0.5) is 5.69 Å². The smallest absolute Gasteiger partial charge is 0.309 e. The van der Waals surface area contributed by atoms with Crippen molar-refractivity contribution >= 4 is 17.6 Å². The highest BCUT2D eigenvalue weighted by atomic mass is 16.5. The maximum Gasteiger partial charge on any atom is 0.309 e. The number of rotatable bonds is 4. The molecule has 0 aliphatic heterocycles. The van der Waals surface area contributed by atoms with Gasteiger partial charge in [-0.3, -0.25) is 9.59 Å². The van der Waals surface area contributed by atoms with E-state index in [1.165, 1.54) is 11.1 Å². The van der Waals surface area contributed by atoms with Crippen molar-refractivity contribution in [1.82, 2.24) is 0 Å². The molecule has 0 aromatic heterocycles. The van der Waals surface area contributed by atoms with E-state index >= 15 is 0 Å². The van der Waals surface area contributed by atoms with E-state index in [1.807, 2.05) is 6.07 Å². The van der Waals surface area contributed by atoms with Crippen LogP contribution in [-0.2, 0) is 27.2 Å². The Morgan fingerprint density at radius 2 is 1.64 bits per heavy atom. The predicted molar refractivity (Wildman–Crippen MR) is 93.5 cm³/mol. The molecule has 2 bridgehead atoms. The third-order valence-electron chi connectivity index (χ3n) is 6.87. The monoisotopic (exact) mass is 343 g/mol. The molecule has 3 fully saturated rings. The number of carboxylic acids is 1. The number of fused-ring (bicyclic) bond motifs is 4. The van der Waals surface area contributed by atoms with Crippen molar-refractivity contribution in [1.29, 1.82) is 0 Å². The number of hydrogen-bond donors (Lipinski definition) is 2. The lowest BCUT2D eigenvalue weighted by molar-refractivity contribution is -0.162. The first-order chi connectivity index (χ1) is 12.0. The molecule has 5 nitrogen and oxygen atoms in total. The second-order valence-electron chi connectivity index (χ2n) is 8.07. The lowest BCUT2D eigenvalue weighted by atomic mass is 9.53. The molecule has 2 N–H and O–H groups in total. The van der Waals surface area contributed by atoms with Gasteiger partial charge in [-0.2, -0.15) is 0 Å². The molecule has 1 unspecified atom stereocenters. The van der Waals surface area contributed by atoms with E-state index in [0.717, 1.165) is 18.5 Å². The third kappa shape index (κ3) is 2.65. The summed E-state index contributed by atoms with van der Waals surface area (Å²) in [6.07, 6.45) is 5.97. The number of carbonyl (C=O) groups excluding carboxylic acids is 1. The highest BCUT2D eigenvalue weighted by molar-refractivity contribution is 5.96. The molecule has 5 heteroatoms. The molecule has 0 saturated heterocycles. The van der Waals surface area contributed by atoms with E-state index < -0.39 is 11.4 Å². The molecule has 0 spiro atoms. The summed E-state index contributed by atoms with van der Waals surface area (Å²) in [5, 5.41) is 12.6. The molecule has 1 atom stereocenters. The summed E-state index contributed by atoms with van der Waals surface area (Å²) >= 11 is 0. The van der Waals surface area contributed by atoms with Crippen LogP contribution < -0.4 is 5.32 Å². The molecule has 5 rings (SSSR count). The van der Waals surface area contributed by atoms with Crippen molar-refractivity contribution in [2.45, 2.75) is 57.5 Å². The Labute approximate surface area is 147 Å². The molecular formula is C20H25NO4. The van der Waals surface area contributed by atoms with Crippen LogP contribution >= 0.6 is 0 Å². The first kappa shape index (κ1) is 16.6. The van der Waals surface area contributed by atoms with Gasteiger partial charge in [0.2, 0.25) is 5.91 Å². The van der Waals surface area contributed by atoms with Crippen LogP contribution in [0.2, 0.25) is 0 Å². The van der Waals surface area contributed by atoms with E-state index in [4.69, 9.17) is 4.74 Å². The second-order valence-corrected chi connectivity index (χ2v) is 8.07. The Morgan fingerprint density at radius 3 is 2.24 bits per heavy atom. The summed E-state index contributed by atoms with van der Waals surface area (Å²) in [5.41, 5.74) is 2.43. The zero-order chi connectivity index (χ0) is 17.7. The van der Waals surface area contributed by atoms with E-state index in [0.29, 0.717) is 38.5 Å². The third-order valence-corrected chi connectivity index (χ3v) is 6.87. The summed E-state index contributed by atoms with van der Waals surface area (Å²) in [6, 6.07) is 6.12. The largest absolute Gasteiger partial charge is 0.481 e. The average Bonchev–Trinajstić information content (AvgIpc) is 3.05. The van der Waals surface area contributed by atoms with E-state index in [-0.39, 0.29) is 17.4 Å². The highest BCUT2D eigenvalue weighted by Gasteiger charge is 2.55. The SMILES string of the molecule is COC1Cc2ccc(NC(=O)C34CCC(C(=O)O)(CC3)CC4)cc2C1. The van der Waals surface area contributed by atoms with Gasteiger partial charge in [0.15, 0.2) is 0 Å². The zero-order valence-corrected chi connectivity index (χ0v) is 14.6. The minimum Gasteiger partial charge on any atom is -0.481 e. The van der Waals surface area contributed by atoms with Crippen molar-refractivity contribution in [3.05, 3.63) is 29.3 Å². The van der Waals surface area contributed by atoms with Crippen LogP contribution in [-0.4, -0.2) is 30.2 Å². The molecule has 3 saturated carbocycles. The van der Waals surface area contributed by atoms with Gasteiger partial charge >= 0.3 is 5.97 Å². The normalized spacial score (nSPS) is 33.1. The minimum atomic E-state index is -0.687. The Bertz CT molecular complexity index is 702. The number of benzene rings is 1. The Balaban J connectivity index is 1.46. The molecule has 1 amide bonds. The summed E-state index contributed by atoms with van der Waals surface area (Å²) in [4.78, 5) is 24.5. The maximum atomic E-state index is 13.0. The van der Waals surface area contributed by atoms with Gasteiger partial charge in [-0.05, 0) is 74.6 Å². The van der Waals surface area contributed by atoms with Crippen LogP contribution in [0.3, 0.4) is 0 Å². The Hall–Kier alpha value is -1.88. The number of carbonyl (C=O) groups is 2. The molecule has 1 aromatic carbocycles. The van der Waals surface area contributed by atoms with Gasteiger partial charge in [0.05, 0.1) is 11.5 Å².